The van der Waals surface area contributed by atoms with Gasteiger partial charge in [0, 0.05) is 43.0 Å². The predicted molar refractivity (Wildman–Crippen MR) is 120 cm³/mol. The maximum atomic E-state index is 12.7. The predicted octanol–water partition coefficient (Wildman–Crippen LogP) is 4.34. The maximum Gasteiger partial charge on any atom is 0.293 e. The SMILES string of the molecule is O=C(NC1CCN(Cc2ccccc2)C1)c1ccc(Nc2ccccc2)c([N+](=O)[O-])c1. The molecule has 1 amide bonds. The second kappa shape index (κ2) is 9.40. The van der Waals surface area contributed by atoms with Crippen LogP contribution in [0.2, 0.25) is 0 Å². The second-order valence-corrected chi connectivity index (χ2v) is 7.66. The summed E-state index contributed by atoms with van der Waals surface area (Å²) in [6.07, 6.45) is 0.855. The van der Waals surface area contributed by atoms with Crippen molar-refractivity contribution in [3.8, 4) is 0 Å². The second-order valence-electron chi connectivity index (χ2n) is 7.66. The number of amides is 1. The average Bonchev–Trinajstić information content (AvgIpc) is 3.21. The van der Waals surface area contributed by atoms with E-state index < -0.39 is 4.92 Å². The Hall–Kier alpha value is -3.71. The van der Waals surface area contributed by atoms with Crippen LogP contribution in [0, 0.1) is 10.1 Å². The molecule has 1 fully saturated rings. The summed E-state index contributed by atoms with van der Waals surface area (Å²) in [7, 11) is 0. The minimum Gasteiger partial charge on any atom is -0.350 e. The monoisotopic (exact) mass is 416 g/mol. The molecule has 0 spiro atoms. The number of nitro benzene ring substituents is 1. The Labute approximate surface area is 180 Å². The Morgan fingerprint density at radius 2 is 1.74 bits per heavy atom. The minimum absolute atomic E-state index is 0.0254. The van der Waals surface area contributed by atoms with Gasteiger partial charge < -0.3 is 10.6 Å². The van der Waals surface area contributed by atoms with Gasteiger partial charge in [0.25, 0.3) is 11.6 Å². The molecule has 158 valence electrons. The average molecular weight is 416 g/mol. The smallest absolute Gasteiger partial charge is 0.293 e. The number of rotatable bonds is 7. The number of benzene rings is 3. The number of carbonyl (C=O) groups is 1. The first kappa shape index (κ1) is 20.6. The van der Waals surface area contributed by atoms with Crippen molar-refractivity contribution in [2.75, 3.05) is 18.4 Å². The lowest BCUT2D eigenvalue weighted by Crippen LogP contribution is -2.37. The lowest BCUT2D eigenvalue weighted by molar-refractivity contribution is -0.383. The summed E-state index contributed by atoms with van der Waals surface area (Å²) >= 11 is 0. The highest BCUT2D eigenvalue weighted by Gasteiger charge is 2.25. The zero-order valence-electron chi connectivity index (χ0n) is 17.0. The van der Waals surface area contributed by atoms with Crippen LogP contribution in [0.15, 0.2) is 78.9 Å². The molecular formula is C24H24N4O3. The van der Waals surface area contributed by atoms with Crippen molar-refractivity contribution in [3.05, 3.63) is 100 Å². The third-order valence-electron chi connectivity index (χ3n) is 5.37. The lowest BCUT2D eigenvalue weighted by Gasteiger charge is -2.17. The molecule has 7 heteroatoms. The van der Waals surface area contributed by atoms with Gasteiger partial charge in [-0.1, -0.05) is 48.5 Å². The summed E-state index contributed by atoms with van der Waals surface area (Å²) in [6, 6.07) is 24.0. The Morgan fingerprint density at radius 3 is 2.45 bits per heavy atom. The minimum atomic E-state index is -0.473. The number of hydrogen-bond acceptors (Lipinski definition) is 5. The van der Waals surface area contributed by atoms with Crippen LogP contribution < -0.4 is 10.6 Å². The number of nitro groups is 1. The van der Waals surface area contributed by atoms with E-state index in [9.17, 15) is 14.9 Å². The van der Waals surface area contributed by atoms with Gasteiger partial charge in [0.15, 0.2) is 0 Å². The van der Waals surface area contributed by atoms with Gasteiger partial charge in [0.05, 0.1) is 4.92 Å². The van der Waals surface area contributed by atoms with Crippen LogP contribution in [-0.4, -0.2) is 34.9 Å². The van der Waals surface area contributed by atoms with Gasteiger partial charge in [-0.3, -0.25) is 19.8 Å². The van der Waals surface area contributed by atoms with Crippen LogP contribution in [0.5, 0.6) is 0 Å². The van der Waals surface area contributed by atoms with Crippen LogP contribution in [0.4, 0.5) is 17.1 Å². The van der Waals surface area contributed by atoms with Gasteiger partial charge in [-0.05, 0) is 36.2 Å². The summed E-state index contributed by atoms with van der Waals surface area (Å²) in [5.74, 6) is -0.291. The highest BCUT2D eigenvalue weighted by Crippen LogP contribution is 2.28. The van der Waals surface area contributed by atoms with E-state index in [0.717, 1.165) is 31.7 Å². The molecule has 1 aliphatic rings. The Bertz CT molecular complexity index is 1060. The number of hydrogen-bond donors (Lipinski definition) is 2. The van der Waals surface area contributed by atoms with Gasteiger partial charge in [-0.25, -0.2) is 0 Å². The van der Waals surface area contributed by atoms with Crippen molar-refractivity contribution >= 4 is 23.0 Å². The molecule has 1 atom stereocenters. The van der Waals surface area contributed by atoms with E-state index in [-0.39, 0.29) is 23.2 Å². The molecular weight excluding hydrogens is 392 g/mol. The quantitative estimate of drug-likeness (QED) is 0.442. The van der Waals surface area contributed by atoms with Crippen LogP contribution >= 0.6 is 0 Å². The Balaban J connectivity index is 1.40. The van der Waals surface area contributed by atoms with Crippen molar-refractivity contribution in [1.82, 2.24) is 10.2 Å². The van der Waals surface area contributed by atoms with E-state index in [4.69, 9.17) is 0 Å². The van der Waals surface area contributed by atoms with Crippen LogP contribution in [0.25, 0.3) is 0 Å². The van der Waals surface area contributed by atoms with Gasteiger partial charge in [0.2, 0.25) is 0 Å². The van der Waals surface area contributed by atoms with E-state index >= 15 is 0 Å². The van der Waals surface area contributed by atoms with Gasteiger partial charge in [-0.15, -0.1) is 0 Å². The number of carbonyl (C=O) groups excluding carboxylic acids is 1. The topological polar surface area (TPSA) is 87.5 Å². The van der Waals surface area contributed by atoms with Gasteiger partial charge >= 0.3 is 0 Å². The summed E-state index contributed by atoms with van der Waals surface area (Å²) in [6.45, 7) is 2.51. The summed E-state index contributed by atoms with van der Waals surface area (Å²) in [4.78, 5) is 26.1. The molecule has 1 heterocycles. The first-order chi connectivity index (χ1) is 15.1. The van der Waals surface area contributed by atoms with Crippen molar-refractivity contribution in [3.63, 3.8) is 0 Å². The highest BCUT2D eigenvalue weighted by atomic mass is 16.6. The van der Waals surface area contributed by atoms with Crippen LogP contribution in [0.1, 0.15) is 22.3 Å². The molecule has 3 aromatic carbocycles. The van der Waals surface area contributed by atoms with Gasteiger partial charge in [0.1, 0.15) is 5.69 Å². The third-order valence-corrected chi connectivity index (χ3v) is 5.37. The van der Waals surface area contributed by atoms with Gasteiger partial charge in [-0.2, -0.15) is 0 Å². The number of nitrogens with zero attached hydrogens (tertiary/aromatic N) is 2. The first-order valence-electron chi connectivity index (χ1n) is 10.3. The van der Waals surface area contributed by atoms with Crippen molar-refractivity contribution in [2.24, 2.45) is 0 Å². The van der Waals surface area contributed by atoms with Crippen LogP contribution in [-0.2, 0) is 6.54 Å². The summed E-state index contributed by atoms with van der Waals surface area (Å²) < 4.78 is 0. The lowest BCUT2D eigenvalue weighted by atomic mass is 10.1. The molecule has 1 unspecified atom stereocenters. The molecule has 1 saturated heterocycles. The van der Waals surface area contributed by atoms with Crippen molar-refractivity contribution < 1.29 is 9.72 Å². The van der Waals surface area contributed by atoms with E-state index in [2.05, 4.69) is 27.7 Å². The number of para-hydroxylation sites is 1. The van der Waals surface area contributed by atoms with E-state index in [0.29, 0.717) is 5.69 Å². The fourth-order valence-electron chi connectivity index (χ4n) is 3.81. The fraction of sp³-hybridized carbons (Fsp3) is 0.208. The maximum absolute atomic E-state index is 12.7. The fourth-order valence-corrected chi connectivity index (χ4v) is 3.81. The zero-order chi connectivity index (χ0) is 21.6. The van der Waals surface area contributed by atoms with Crippen molar-refractivity contribution in [2.45, 2.75) is 19.0 Å². The largest absolute Gasteiger partial charge is 0.350 e. The van der Waals surface area contributed by atoms with E-state index in [1.807, 2.05) is 48.5 Å². The molecule has 31 heavy (non-hydrogen) atoms. The Kier molecular flexibility index (Phi) is 6.24. The Morgan fingerprint density at radius 1 is 1.03 bits per heavy atom. The van der Waals surface area contributed by atoms with Crippen molar-refractivity contribution in [1.29, 1.82) is 0 Å². The molecule has 7 nitrogen and oxygen atoms in total. The molecule has 1 aliphatic heterocycles. The number of anilines is 2. The summed E-state index contributed by atoms with van der Waals surface area (Å²) in [5.41, 5.74) is 2.49. The number of nitrogens with one attached hydrogen (secondary N) is 2. The van der Waals surface area contributed by atoms with E-state index in [1.54, 1.807) is 12.1 Å². The van der Waals surface area contributed by atoms with Crippen LogP contribution in [0.3, 0.4) is 0 Å². The normalized spacial score (nSPS) is 16.1. The first-order valence-corrected chi connectivity index (χ1v) is 10.3. The highest BCUT2D eigenvalue weighted by molar-refractivity contribution is 5.96. The number of likely N-dealkylation sites (tertiary alicyclic amines) is 1. The zero-order valence-corrected chi connectivity index (χ0v) is 17.0. The summed E-state index contributed by atoms with van der Waals surface area (Å²) in [5, 5.41) is 17.6. The molecule has 0 aromatic heterocycles. The molecule has 0 bridgehead atoms. The molecule has 3 aromatic rings. The third kappa shape index (κ3) is 5.26. The molecule has 2 N–H and O–H groups in total. The standard InChI is InChI=1S/C24H24N4O3/c29-24(26-21-13-14-27(17-21)16-18-7-3-1-4-8-18)19-11-12-22(23(15-19)28(30)31)25-20-9-5-2-6-10-20/h1-12,15,21,25H,13-14,16-17H2,(H,26,29). The molecule has 4 rings (SSSR count). The van der Waals surface area contributed by atoms with E-state index in [1.165, 1.54) is 11.6 Å². The molecule has 0 aliphatic carbocycles. The molecule has 0 saturated carbocycles. The molecule has 0 radical (unpaired) electrons.